The molecule has 106 valence electrons. The van der Waals surface area contributed by atoms with E-state index in [1.807, 2.05) is 19.1 Å². The molecule has 1 unspecified atom stereocenters. The van der Waals surface area contributed by atoms with Crippen LogP contribution in [0.5, 0.6) is 11.5 Å². The Kier molecular flexibility index (Phi) is 4.46. The first-order valence-electron chi connectivity index (χ1n) is 7.06. The molecule has 0 bridgehead atoms. The van der Waals surface area contributed by atoms with E-state index in [2.05, 4.69) is 45.0 Å². The lowest BCUT2D eigenvalue weighted by Crippen LogP contribution is -2.18. The molecule has 0 saturated carbocycles. The number of hydrogen-bond donors (Lipinski definition) is 1. The highest BCUT2D eigenvalue weighted by Crippen LogP contribution is 2.28. The van der Waals surface area contributed by atoms with Crippen molar-refractivity contribution in [1.29, 1.82) is 0 Å². The minimum absolute atomic E-state index is 0.124. The summed E-state index contributed by atoms with van der Waals surface area (Å²) in [7, 11) is 0. The Morgan fingerprint density at radius 2 is 1.75 bits per heavy atom. The van der Waals surface area contributed by atoms with Gasteiger partial charge in [0.1, 0.15) is 11.5 Å². The molecule has 1 atom stereocenters. The molecule has 0 aliphatic carbocycles. The summed E-state index contributed by atoms with van der Waals surface area (Å²) in [4.78, 5) is 0. The second-order valence-corrected chi connectivity index (χ2v) is 5.64. The quantitative estimate of drug-likeness (QED) is 0.898. The Morgan fingerprint density at radius 3 is 2.40 bits per heavy atom. The van der Waals surface area contributed by atoms with Gasteiger partial charge in [0, 0.05) is 6.04 Å². The van der Waals surface area contributed by atoms with Gasteiger partial charge in [0.25, 0.3) is 0 Å². The minimum atomic E-state index is 0.124. The number of benzene rings is 2. The number of rotatable bonds is 4. The van der Waals surface area contributed by atoms with Crippen molar-refractivity contribution < 1.29 is 4.74 Å². The predicted molar refractivity (Wildman–Crippen MR) is 84.5 cm³/mol. The fourth-order valence-electron chi connectivity index (χ4n) is 2.22. The van der Waals surface area contributed by atoms with Crippen molar-refractivity contribution in [2.75, 3.05) is 0 Å². The molecule has 0 heterocycles. The van der Waals surface area contributed by atoms with Crippen LogP contribution in [0.15, 0.2) is 36.4 Å². The Hall–Kier alpha value is -1.80. The summed E-state index contributed by atoms with van der Waals surface area (Å²) < 4.78 is 6.05. The molecular weight excluding hydrogens is 246 g/mol. The van der Waals surface area contributed by atoms with Crippen molar-refractivity contribution in [1.82, 2.24) is 0 Å². The molecule has 2 nitrogen and oxygen atoms in total. The van der Waals surface area contributed by atoms with Gasteiger partial charge in [-0.25, -0.2) is 0 Å². The van der Waals surface area contributed by atoms with Gasteiger partial charge in [0.2, 0.25) is 0 Å². The standard InChI is InChI=1S/C18H23NO/c1-12-5-8-18(16(9-12)11-15(4)19)20-17-7-6-13(2)14(3)10-17/h5-10,15H,11,19H2,1-4H3. The SMILES string of the molecule is Cc1ccc(Oc2ccc(C)c(C)c2)c(CC(C)N)c1. The van der Waals surface area contributed by atoms with Gasteiger partial charge < -0.3 is 10.5 Å². The van der Waals surface area contributed by atoms with E-state index in [1.54, 1.807) is 0 Å². The maximum atomic E-state index is 6.05. The molecule has 0 amide bonds. The fraction of sp³-hybridized carbons (Fsp3) is 0.333. The lowest BCUT2D eigenvalue weighted by Gasteiger charge is -2.14. The smallest absolute Gasteiger partial charge is 0.130 e. The van der Waals surface area contributed by atoms with Crippen LogP contribution in [0.4, 0.5) is 0 Å². The van der Waals surface area contributed by atoms with Gasteiger partial charge in [-0.05, 0) is 69.0 Å². The Bertz CT molecular complexity index is 602. The molecule has 0 fully saturated rings. The van der Waals surface area contributed by atoms with E-state index in [0.29, 0.717) is 0 Å². The van der Waals surface area contributed by atoms with Gasteiger partial charge in [-0.15, -0.1) is 0 Å². The summed E-state index contributed by atoms with van der Waals surface area (Å²) >= 11 is 0. The average molecular weight is 269 g/mol. The third-order valence-electron chi connectivity index (χ3n) is 3.46. The Morgan fingerprint density at radius 1 is 1.00 bits per heavy atom. The van der Waals surface area contributed by atoms with Gasteiger partial charge in [0.15, 0.2) is 0 Å². The van der Waals surface area contributed by atoms with E-state index < -0.39 is 0 Å². The van der Waals surface area contributed by atoms with Crippen molar-refractivity contribution in [3.63, 3.8) is 0 Å². The van der Waals surface area contributed by atoms with Gasteiger partial charge in [0.05, 0.1) is 0 Å². The third-order valence-corrected chi connectivity index (χ3v) is 3.46. The number of aryl methyl sites for hydroxylation is 3. The van der Waals surface area contributed by atoms with Gasteiger partial charge in [-0.1, -0.05) is 23.8 Å². The summed E-state index contributed by atoms with van der Waals surface area (Å²) in [6.07, 6.45) is 0.821. The van der Waals surface area contributed by atoms with Crippen molar-refractivity contribution >= 4 is 0 Å². The lowest BCUT2D eigenvalue weighted by molar-refractivity contribution is 0.473. The Labute approximate surface area is 121 Å². The van der Waals surface area contributed by atoms with Crippen molar-refractivity contribution in [3.8, 4) is 11.5 Å². The van der Waals surface area contributed by atoms with E-state index in [-0.39, 0.29) is 6.04 Å². The first-order chi connectivity index (χ1) is 9.45. The highest BCUT2D eigenvalue weighted by Gasteiger charge is 2.08. The summed E-state index contributed by atoms with van der Waals surface area (Å²) in [5.41, 5.74) is 10.8. The molecule has 0 aromatic heterocycles. The van der Waals surface area contributed by atoms with Crippen LogP contribution in [0.1, 0.15) is 29.2 Å². The molecule has 0 saturated heterocycles. The fourth-order valence-corrected chi connectivity index (χ4v) is 2.22. The van der Waals surface area contributed by atoms with Gasteiger partial charge >= 0.3 is 0 Å². The molecular formula is C18H23NO. The van der Waals surface area contributed by atoms with Gasteiger partial charge in [-0.2, -0.15) is 0 Å². The van der Waals surface area contributed by atoms with Crippen LogP contribution >= 0.6 is 0 Å². The summed E-state index contributed by atoms with van der Waals surface area (Å²) in [6.45, 7) is 8.30. The molecule has 0 aliphatic rings. The van der Waals surface area contributed by atoms with Gasteiger partial charge in [-0.3, -0.25) is 0 Å². The average Bonchev–Trinajstić information content (AvgIpc) is 2.36. The van der Waals surface area contributed by atoms with E-state index in [4.69, 9.17) is 10.5 Å². The molecule has 0 radical (unpaired) electrons. The lowest BCUT2D eigenvalue weighted by atomic mass is 10.0. The molecule has 2 N–H and O–H groups in total. The van der Waals surface area contributed by atoms with Crippen LogP contribution in [0, 0.1) is 20.8 Å². The van der Waals surface area contributed by atoms with Crippen molar-refractivity contribution in [2.24, 2.45) is 5.73 Å². The first kappa shape index (κ1) is 14.6. The van der Waals surface area contributed by atoms with Crippen LogP contribution in [0.3, 0.4) is 0 Å². The highest BCUT2D eigenvalue weighted by atomic mass is 16.5. The maximum absolute atomic E-state index is 6.05. The number of ether oxygens (including phenoxy) is 1. The van der Waals surface area contributed by atoms with E-state index in [0.717, 1.165) is 17.9 Å². The molecule has 2 heteroatoms. The predicted octanol–water partition coefficient (Wildman–Crippen LogP) is 4.29. The molecule has 2 aromatic carbocycles. The van der Waals surface area contributed by atoms with E-state index >= 15 is 0 Å². The number of nitrogens with two attached hydrogens (primary N) is 1. The molecule has 0 aliphatic heterocycles. The largest absolute Gasteiger partial charge is 0.457 e. The van der Waals surface area contributed by atoms with Crippen LogP contribution in [0.2, 0.25) is 0 Å². The van der Waals surface area contributed by atoms with Crippen LogP contribution in [-0.4, -0.2) is 6.04 Å². The molecule has 2 rings (SSSR count). The van der Waals surface area contributed by atoms with Crippen LogP contribution in [-0.2, 0) is 6.42 Å². The monoisotopic (exact) mass is 269 g/mol. The zero-order chi connectivity index (χ0) is 14.7. The minimum Gasteiger partial charge on any atom is -0.457 e. The first-order valence-corrected chi connectivity index (χ1v) is 7.06. The summed E-state index contributed by atoms with van der Waals surface area (Å²) in [5, 5.41) is 0. The highest BCUT2D eigenvalue weighted by molar-refractivity contribution is 5.42. The van der Waals surface area contributed by atoms with Crippen LogP contribution in [0.25, 0.3) is 0 Å². The molecule has 20 heavy (non-hydrogen) atoms. The second kappa shape index (κ2) is 6.10. The normalized spacial score (nSPS) is 12.2. The van der Waals surface area contributed by atoms with Crippen LogP contribution < -0.4 is 10.5 Å². The van der Waals surface area contributed by atoms with E-state index in [9.17, 15) is 0 Å². The zero-order valence-corrected chi connectivity index (χ0v) is 12.7. The third kappa shape index (κ3) is 3.61. The Balaban J connectivity index is 2.30. The summed E-state index contributed by atoms with van der Waals surface area (Å²) in [6, 6.07) is 12.6. The van der Waals surface area contributed by atoms with E-state index in [1.165, 1.54) is 22.3 Å². The van der Waals surface area contributed by atoms with Crippen molar-refractivity contribution in [3.05, 3.63) is 58.7 Å². The van der Waals surface area contributed by atoms with Crippen molar-refractivity contribution in [2.45, 2.75) is 40.2 Å². The molecule has 0 spiro atoms. The topological polar surface area (TPSA) is 35.2 Å². The maximum Gasteiger partial charge on any atom is 0.130 e. The summed E-state index contributed by atoms with van der Waals surface area (Å²) in [5.74, 6) is 1.78. The second-order valence-electron chi connectivity index (χ2n) is 5.64. The zero-order valence-electron chi connectivity index (χ0n) is 12.7. The number of hydrogen-bond acceptors (Lipinski definition) is 2. The molecule has 2 aromatic rings.